The molecule has 0 amide bonds. The van der Waals surface area contributed by atoms with E-state index < -0.39 is 35.8 Å². The van der Waals surface area contributed by atoms with Crippen LogP contribution in [0, 0.1) is 3.57 Å². The highest BCUT2D eigenvalue weighted by molar-refractivity contribution is 14.1. The topological polar surface area (TPSA) is 103 Å². The molecule has 1 aromatic heterocycles. The maximum atomic E-state index is 12.1. The Kier molecular flexibility index (Phi) is 6.59. The van der Waals surface area contributed by atoms with Gasteiger partial charge in [-0.2, -0.15) is 0 Å². The van der Waals surface area contributed by atoms with Gasteiger partial charge in [0.25, 0.3) is 5.56 Å². The van der Waals surface area contributed by atoms with Crippen molar-refractivity contribution < 1.29 is 19.3 Å². The number of nitrogens with zero attached hydrogens (tertiary/aromatic N) is 1. The maximum Gasteiger partial charge on any atom is 0.330 e. The highest BCUT2D eigenvalue weighted by atomic mass is 127. The highest BCUT2D eigenvalue weighted by Gasteiger charge is 2.46. The summed E-state index contributed by atoms with van der Waals surface area (Å²) in [6, 6.07) is 0. The Bertz CT molecular complexity index is 671. The van der Waals surface area contributed by atoms with E-state index in [1.807, 2.05) is 50.3 Å². The molecule has 0 aliphatic carbocycles. The molecule has 2 rings (SSSR count). The third-order valence-corrected chi connectivity index (χ3v) is 4.30. The van der Waals surface area contributed by atoms with Gasteiger partial charge in [-0.05, 0) is 50.3 Å². The van der Waals surface area contributed by atoms with Gasteiger partial charge in [-0.15, -0.1) is 0 Å². The van der Waals surface area contributed by atoms with E-state index in [0.717, 1.165) is 0 Å². The van der Waals surface area contributed by atoms with Gasteiger partial charge in [0.15, 0.2) is 6.23 Å². The van der Waals surface area contributed by atoms with Crippen molar-refractivity contribution in [2.45, 2.75) is 64.4 Å². The summed E-state index contributed by atoms with van der Waals surface area (Å²) in [5.41, 5.74) is -1.11. The summed E-state index contributed by atoms with van der Waals surface area (Å²) in [5, 5.41) is 10.6. The van der Waals surface area contributed by atoms with Crippen LogP contribution >= 0.6 is 22.6 Å². The molecule has 4 atom stereocenters. The molecule has 0 saturated carbocycles. The number of ether oxygens (including phenoxy) is 3. The number of rotatable bonds is 6. The lowest BCUT2D eigenvalue weighted by Crippen LogP contribution is -2.40. The number of hydrogen-bond acceptors (Lipinski definition) is 6. The van der Waals surface area contributed by atoms with Crippen molar-refractivity contribution in [3.8, 4) is 0 Å². The lowest BCUT2D eigenvalue weighted by molar-refractivity contribution is -0.0979. The van der Waals surface area contributed by atoms with Crippen molar-refractivity contribution in [3.63, 3.8) is 0 Å². The summed E-state index contributed by atoms with van der Waals surface area (Å²) in [4.78, 5) is 25.8. The standard InChI is InChI=1S/C15H23IN2O6/c1-7(2)22-6-10-12(23-8(3)4)11(19)14(24-10)18-5-9(16)13(20)17-15(18)21/h5,7-8,10-12,14,19H,6H2,1-4H3,(H,17,20,21)/t10-,11+,12?,14-/m1/s1. The molecular weight excluding hydrogens is 431 g/mol. The zero-order valence-corrected chi connectivity index (χ0v) is 16.2. The van der Waals surface area contributed by atoms with Gasteiger partial charge in [-0.1, -0.05) is 0 Å². The van der Waals surface area contributed by atoms with E-state index in [9.17, 15) is 14.7 Å². The molecule has 1 saturated heterocycles. The Morgan fingerprint density at radius 1 is 1.33 bits per heavy atom. The lowest BCUT2D eigenvalue weighted by Gasteiger charge is -2.23. The number of nitrogens with one attached hydrogen (secondary N) is 1. The van der Waals surface area contributed by atoms with E-state index in [4.69, 9.17) is 14.2 Å². The smallest absolute Gasteiger partial charge is 0.330 e. The third kappa shape index (κ3) is 4.45. The number of H-pyrrole nitrogens is 1. The van der Waals surface area contributed by atoms with Gasteiger partial charge in [-0.3, -0.25) is 14.3 Å². The van der Waals surface area contributed by atoms with Gasteiger partial charge in [0, 0.05) is 6.20 Å². The van der Waals surface area contributed by atoms with Crippen molar-refractivity contribution in [1.29, 1.82) is 0 Å². The Labute approximate surface area is 153 Å². The molecule has 1 fully saturated rings. The number of aliphatic hydroxyl groups is 1. The number of halogens is 1. The van der Waals surface area contributed by atoms with E-state index in [-0.39, 0.29) is 18.8 Å². The summed E-state index contributed by atoms with van der Waals surface area (Å²) in [6.07, 6.45) is -1.92. The molecule has 0 radical (unpaired) electrons. The largest absolute Gasteiger partial charge is 0.386 e. The minimum Gasteiger partial charge on any atom is -0.386 e. The molecule has 1 aliphatic rings. The molecule has 1 aliphatic heterocycles. The van der Waals surface area contributed by atoms with Gasteiger partial charge in [0.05, 0.1) is 22.4 Å². The van der Waals surface area contributed by atoms with Crippen LogP contribution in [0.1, 0.15) is 33.9 Å². The fourth-order valence-electron chi connectivity index (χ4n) is 2.50. The zero-order valence-electron chi connectivity index (χ0n) is 14.1. The van der Waals surface area contributed by atoms with Crippen molar-refractivity contribution in [2.24, 2.45) is 0 Å². The molecule has 0 bridgehead atoms. The highest BCUT2D eigenvalue weighted by Crippen LogP contribution is 2.31. The predicted octanol–water partition coefficient (Wildman–Crippen LogP) is 0.618. The molecule has 1 unspecified atom stereocenters. The van der Waals surface area contributed by atoms with Crippen LogP contribution in [0.25, 0.3) is 0 Å². The average Bonchev–Trinajstić information content (AvgIpc) is 2.77. The summed E-state index contributed by atoms with van der Waals surface area (Å²) < 4.78 is 18.7. The van der Waals surface area contributed by atoms with Gasteiger partial charge in [0.1, 0.15) is 18.3 Å². The Hall–Kier alpha value is -0.750. The lowest BCUT2D eigenvalue weighted by atomic mass is 10.1. The van der Waals surface area contributed by atoms with Crippen LogP contribution in [0.15, 0.2) is 15.8 Å². The molecule has 0 spiro atoms. The summed E-state index contributed by atoms with van der Waals surface area (Å²) in [6.45, 7) is 7.74. The fourth-order valence-corrected chi connectivity index (χ4v) is 2.94. The van der Waals surface area contributed by atoms with Gasteiger partial charge in [0.2, 0.25) is 0 Å². The Balaban J connectivity index is 2.30. The maximum absolute atomic E-state index is 12.1. The Morgan fingerprint density at radius 2 is 2.00 bits per heavy atom. The van der Waals surface area contributed by atoms with Crippen LogP contribution in [-0.2, 0) is 14.2 Å². The summed E-state index contributed by atoms with van der Waals surface area (Å²) >= 11 is 1.82. The van der Waals surface area contributed by atoms with Crippen LogP contribution in [0.2, 0.25) is 0 Å². The SMILES string of the molecule is CC(C)OC[C@H]1O[C@@H](n2cc(I)c(=O)[nH]c2=O)[C@@H](O)C1OC(C)C. The normalized spacial score (nSPS) is 27.3. The second-order valence-electron chi connectivity index (χ2n) is 6.23. The average molecular weight is 454 g/mol. The fraction of sp³-hybridized carbons (Fsp3) is 0.733. The molecule has 2 N–H and O–H groups in total. The van der Waals surface area contributed by atoms with Crippen molar-refractivity contribution in [3.05, 3.63) is 30.6 Å². The van der Waals surface area contributed by atoms with Crippen molar-refractivity contribution >= 4 is 22.6 Å². The minimum absolute atomic E-state index is 0.00115. The second kappa shape index (κ2) is 8.09. The van der Waals surface area contributed by atoms with Gasteiger partial charge in [-0.25, -0.2) is 4.79 Å². The van der Waals surface area contributed by atoms with Crippen LogP contribution < -0.4 is 11.2 Å². The van der Waals surface area contributed by atoms with Crippen LogP contribution in [0.4, 0.5) is 0 Å². The van der Waals surface area contributed by atoms with Crippen LogP contribution in [0.3, 0.4) is 0 Å². The number of hydrogen-bond donors (Lipinski definition) is 2. The van der Waals surface area contributed by atoms with Crippen LogP contribution in [0.5, 0.6) is 0 Å². The molecule has 24 heavy (non-hydrogen) atoms. The quantitative estimate of drug-likeness (QED) is 0.612. The van der Waals surface area contributed by atoms with E-state index in [2.05, 4.69) is 4.98 Å². The van der Waals surface area contributed by atoms with Crippen LogP contribution in [-0.4, -0.2) is 51.8 Å². The van der Waals surface area contributed by atoms with E-state index in [0.29, 0.717) is 3.57 Å². The number of aromatic nitrogens is 2. The molecule has 0 aromatic carbocycles. The van der Waals surface area contributed by atoms with Gasteiger partial charge >= 0.3 is 5.69 Å². The monoisotopic (exact) mass is 454 g/mol. The van der Waals surface area contributed by atoms with E-state index in [1.165, 1.54) is 10.8 Å². The van der Waals surface area contributed by atoms with Gasteiger partial charge < -0.3 is 19.3 Å². The third-order valence-electron chi connectivity index (χ3n) is 3.53. The summed E-state index contributed by atoms with van der Waals surface area (Å²) in [7, 11) is 0. The molecule has 1 aromatic rings. The first kappa shape index (κ1) is 19.6. The second-order valence-corrected chi connectivity index (χ2v) is 7.39. The number of aliphatic hydroxyl groups excluding tert-OH is 1. The Morgan fingerprint density at radius 3 is 2.58 bits per heavy atom. The molecular formula is C15H23IN2O6. The number of aromatic amines is 1. The van der Waals surface area contributed by atoms with Crippen molar-refractivity contribution in [1.82, 2.24) is 9.55 Å². The first-order valence-electron chi connectivity index (χ1n) is 7.82. The predicted molar refractivity (Wildman–Crippen MR) is 95.1 cm³/mol. The zero-order chi connectivity index (χ0) is 18.0. The van der Waals surface area contributed by atoms with E-state index in [1.54, 1.807) is 0 Å². The first-order valence-corrected chi connectivity index (χ1v) is 8.90. The molecule has 8 nitrogen and oxygen atoms in total. The summed E-state index contributed by atoms with van der Waals surface area (Å²) in [5.74, 6) is 0. The van der Waals surface area contributed by atoms with Crippen molar-refractivity contribution in [2.75, 3.05) is 6.61 Å². The first-order chi connectivity index (χ1) is 11.2. The molecule has 2 heterocycles. The van der Waals surface area contributed by atoms with E-state index >= 15 is 0 Å². The minimum atomic E-state index is -1.06. The molecule has 9 heteroatoms. The molecule has 136 valence electrons.